The maximum Gasteiger partial charge on any atom is 0.233 e. The van der Waals surface area contributed by atoms with Gasteiger partial charge in [0.05, 0.1) is 0 Å². The van der Waals surface area contributed by atoms with Gasteiger partial charge in [0, 0.05) is 36.2 Å². The minimum absolute atomic E-state index is 0.294. The van der Waals surface area contributed by atoms with E-state index in [0.29, 0.717) is 24.7 Å². The molecular formula is C11H15N3O2S. The number of nitrogens with zero attached hydrogens (tertiary/aromatic N) is 2. The Morgan fingerprint density at radius 2 is 2.29 bits per heavy atom. The molecule has 0 radical (unpaired) electrons. The average molecular weight is 253 g/mol. The summed E-state index contributed by atoms with van der Waals surface area (Å²) in [6, 6.07) is 1.93. The van der Waals surface area contributed by atoms with Gasteiger partial charge in [-0.1, -0.05) is 6.58 Å². The van der Waals surface area contributed by atoms with E-state index < -0.39 is 10.0 Å². The molecule has 1 aromatic rings. The predicted octanol–water partition coefficient (Wildman–Crippen LogP) is 0.959. The second kappa shape index (κ2) is 4.93. The maximum atomic E-state index is 11.1. The first kappa shape index (κ1) is 12.2. The Morgan fingerprint density at radius 1 is 1.53 bits per heavy atom. The Labute approximate surface area is 101 Å². The van der Waals surface area contributed by atoms with Gasteiger partial charge in [0.15, 0.2) is 0 Å². The first-order chi connectivity index (χ1) is 8.11. The van der Waals surface area contributed by atoms with Crippen molar-refractivity contribution in [1.82, 2.24) is 14.7 Å². The topological polar surface area (TPSA) is 72.0 Å². The van der Waals surface area contributed by atoms with Crippen LogP contribution in [0.4, 0.5) is 0 Å². The minimum atomic E-state index is -3.35. The summed E-state index contributed by atoms with van der Waals surface area (Å²) in [7, 11) is -3.35. The van der Waals surface area contributed by atoms with Crippen LogP contribution < -0.4 is 4.72 Å². The van der Waals surface area contributed by atoms with Gasteiger partial charge in [-0.3, -0.25) is 0 Å². The Bertz CT molecular complexity index is 509. The van der Waals surface area contributed by atoms with Crippen LogP contribution in [-0.4, -0.2) is 24.9 Å². The molecular weight excluding hydrogens is 238 g/mol. The van der Waals surface area contributed by atoms with Gasteiger partial charge in [0.25, 0.3) is 0 Å². The predicted molar refractivity (Wildman–Crippen MR) is 64.8 cm³/mol. The third kappa shape index (κ3) is 3.61. The molecule has 0 saturated heterocycles. The molecule has 5 nitrogen and oxygen atoms in total. The van der Waals surface area contributed by atoms with Crippen molar-refractivity contribution < 1.29 is 8.42 Å². The van der Waals surface area contributed by atoms with Gasteiger partial charge in [-0.2, -0.15) is 0 Å². The quantitative estimate of drug-likeness (QED) is 0.819. The lowest BCUT2D eigenvalue weighted by atomic mass is 10.3. The SMILES string of the molecule is C=CS(=O)(=O)NCCc1nccc(C2CC2)n1. The molecule has 6 heteroatoms. The fourth-order valence-electron chi connectivity index (χ4n) is 1.51. The van der Waals surface area contributed by atoms with E-state index in [-0.39, 0.29) is 0 Å². The van der Waals surface area contributed by atoms with Gasteiger partial charge in [-0.15, -0.1) is 0 Å². The summed E-state index contributed by atoms with van der Waals surface area (Å²) in [5.41, 5.74) is 1.07. The second-order valence-corrected chi connectivity index (χ2v) is 5.74. The van der Waals surface area contributed by atoms with Gasteiger partial charge >= 0.3 is 0 Å². The molecule has 1 heterocycles. The average Bonchev–Trinajstić information content (AvgIpc) is 3.13. The molecule has 1 aliphatic rings. The van der Waals surface area contributed by atoms with Crippen LogP contribution in [0, 0.1) is 0 Å². The summed E-state index contributed by atoms with van der Waals surface area (Å²) in [5, 5.41) is 0.897. The first-order valence-electron chi connectivity index (χ1n) is 5.54. The van der Waals surface area contributed by atoms with Crippen molar-refractivity contribution in [3.05, 3.63) is 35.8 Å². The highest BCUT2D eigenvalue weighted by atomic mass is 32.2. The van der Waals surface area contributed by atoms with Crippen LogP contribution in [0.2, 0.25) is 0 Å². The second-order valence-electron chi connectivity index (χ2n) is 4.03. The molecule has 0 aliphatic heterocycles. The summed E-state index contributed by atoms with van der Waals surface area (Å²) in [5.74, 6) is 1.27. The highest BCUT2D eigenvalue weighted by Crippen LogP contribution is 2.38. The molecule has 0 bridgehead atoms. The van der Waals surface area contributed by atoms with E-state index in [4.69, 9.17) is 0 Å². The molecule has 0 atom stereocenters. The van der Waals surface area contributed by atoms with Crippen LogP contribution in [0.5, 0.6) is 0 Å². The van der Waals surface area contributed by atoms with E-state index in [0.717, 1.165) is 11.1 Å². The molecule has 0 spiro atoms. The van der Waals surface area contributed by atoms with E-state index >= 15 is 0 Å². The van der Waals surface area contributed by atoms with Crippen LogP contribution in [0.1, 0.15) is 30.3 Å². The molecule has 0 aromatic carbocycles. The molecule has 1 N–H and O–H groups in total. The number of nitrogens with one attached hydrogen (secondary N) is 1. The molecule has 1 aromatic heterocycles. The standard InChI is InChI=1S/C11H15N3O2S/c1-2-17(15,16)13-8-6-11-12-7-5-10(14-11)9-3-4-9/h2,5,7,9,13H,1,3-4,6,8H2. The van der Waals surface area contributed by atoms with Crippen molar-refractivity contribution in [2.45, 2.75) is 25.2 Å². The van der Waals surface area contributed by atoms with Crippen LogP contribution in [-0.2, 0) is 16.4 Å². The fraction of sp³-hybridized carbons (Fsp3) is 0.455. The smallest absolute Gasteiger partial charge is 0.233 e. The number of rotatable bonds is 6. The number of aromatic nitrogens is 2. The third-order valence-electron chi connectivity index (χ3n) is 2.59. The summed E-state index contributed by atoms with van der Waals surface area (Å²) < 4.78 is 24.6. The van der Waals surface area contributed by atoms with Gasteiger partial charge in [-0.05, 0) is 18.9 Å². The van der Waals surface area contributed by atoms with Crippen LogP contribution in [0.25, 0.3) is 0 Å². The van der Waals surface area contributed by atoms with Crippen LogP contribution in [0.3, 0.4) is 0 Å². The number of sulfonamides is 1. The zero-order valence-electron chi connectivity index (χ0n) is 9.46. The monoisotopic (exact) mass is 253 g/mol. The molecule has 17 heavy (non-hydrogen) atoms. The van der Waals surface area contributed by atoms with Crippen molar-refractivity contribution in [2.24, 2.45) is 0 Å². The van der Waals surface area contributed by atoms with Crippen LogP contribution in [0.15, 0.2) is 24.3 Å². The Morgan fingerprint density at radius 3 is 2.94 bits per heavy atom. The van der Waals surface area contributed by atoms with E-state index in [1.54, 1.807) is 6.20 Å². The molecule has 0 amide bonds. The van der Waals surface area contributed by atoms with Gasteiger partial charge in [0.1, 0.15) is 5.82 Å². The van der Waals surface area contributed by atoms with Crippen molar-refractivity contribution in [1.29, 1.82) is 0 Å². The maximum absolute atomic E-state index is 11.1. The van der Waals surface area contributed by atoms with Crippen molar-refractivity contribution >= 4 is 10.0 Å². The lowest BCUT2D eigenvalue weighted by molar-refractivity contribution is 0.590. The highest BCUT2D eigenvalue weighted by Gasteiger charge is 2.25. The largest absolute Gasteiger partial charge is 0.241 e. The normalized spacial score (nSPS) is 15.8. The van der Waals surface area contributed by atoms with E-state index in [1.807, 2.05) is 6.07 Å². The van der Waals surface area contributed by atoms with Crippen molar-refractivity contribution in [2.75, 3.05) is 6.54 Å². The van der Waals surface area contributed by atoms with Gasteiger partial charge < -0.3 is 0 Å². The Balaban J connectivity index is 1.90. The molecule has 1 aliphatic carbocycles. The van der Waals surface area contributed by atoms with E-state index in [9.17, 15) is 8.42 Å². The summed E-state index contributed by atoms with van der Waals surface area (Å²) in [6.45, 7) is 3.52. The van der Waals surface area contributed by atoms with Gasteiger partial charge in [-0.25, -0.2) is 23.1 Å². The lowest BCUT2D eigenvalue weighted by Crippen LogP contribution is -2.24. The van der Waals surface area contributed by atoms with Gasteiger partial charge in [0.2, 0.25) is 10.0 Å². The zero-order chi connectivity index (χ0) is 12.3. The molecule has 0 unspecified atom stereocenters. The first-order valence-corrected chi connectivity index (χ1v) is 7.09. The Kier molecular flexibility index (Phi) is 3.54. The van der Waals surface area contributed by atoms with Crippen molar-refractivity contribution in [3.63, 3.8) is 0 Å². The molecule has 2 rings (SSSR count). The fourth-order valence-corrected chi connectivity index (χ4v) is 2.01. The van der Waals surface area contributed by atoms with Crippen molar-refractivity contribution in [3.8, 4) is 0 Å². The van der Waals surface area contributed by atoms with E-state index in [2.05, 4.69) is 21.3 Å². The molecule has 92 valence electrons. The molecule has 1 saturated carbocycles. The van der Waals surface area contributed by atoms with E-state index in [1.165, 1.54) is 12.8 Å². The summed E-state index contributed by atoms with van der Waals surface area (Å²) in [6.07, 6.45) is 4.62. The number of hydrogen-bond donors (Lipinski definition) is 1. The molecule has 1 fully saturated rings. The summed E-state index contributed by atoms with van der Waals surface area (Å²) >= 11 is 0. The number of hydrogen-bond acceptors (Lipinski definition) is 4. The lowest BCUT2D eigenvalue weighted by Gasteiger charge is -2.03. The zero-order valence-corrected chi connectivity index (χ0v) is 10.3. The van der Waals surface area contributed by atoms with Crippen LogP contribution >= 0.6 is 0 Å². The highest BCUT2D eigenvalue weighted by molar-refractivity contribution is 7.92. The summed E-state index contributed by atoms with van der Waals surface area (Å²) in [4.78, 5) is 8.53. The minimum Gasteiger partial charge on any atom is -0.241 e. The third-order valence-corrected chi connectivity index (χ3v) is 3.64. The Hall–Kier alpha value is -1.27.